The standard InChI is InChI=1S/C30H30NO2P/c1-3-27(23-15-7-5-8-16-23)31(28(4-2)24-17-9-6-10-18-24)34-32-29-21-13-11-19-25(29)26-20-12-14-22-30(26)33-34/h5-22,27-28H,3-4H2,1-2H3/t27-,28-/m0/s1. The van der Waals surface area contributed by atoms with Crippen molar-refractivity contribution in [3.63, 3.8) is 0 Å². The maximum absolute atomic E-state index is 6.78. The topological polar surface area (TPSA) is 29.5 Å². The Labute approximate surface area is 202 Å². The molecular weight excluding hydrogens is 437 g/mol. The van der Waals surface area contributed by atoms with Crippen LogP contribution in [0.4, 0.5) is 0 Å². The van der Waals surface area contributed by atoms with E-state index in [1.807, 2.05) is 12.1 Å². The van der Waals surface area contributed by atoms with Gasteiger partial charge in [0.25, 0.3) is 0 Å². The average Bonchev–Trinajstić information content (AvgIpc) is 3.07. The summed E-state index contributed by atoms with van der Waals surface area (Å²) in [6.45, 7) is 4.49. The lowest BCUT2D eigenvalue weighted by molar-refractivity contribution is 0.503. The lowest BCUT2D eigenvalue weighted by Gasteiger charge is -2.35. The molecule has 0 saturated heterocycles. The maximum Gasteiger partial charge on any atom is 0.310 e. The zero-order valence-electron chi connectivity index (χ0n) is 19.7. The number of para-hydroxylation sites is 2. The molecule has 0 fully saturated rings. The highest BCUT2D eigenvalue weighted by atomic mass is 31.1. The molecule has 34 heavy (non-hydrogen) atoms. The van der Waals surface area contributed by atoms with Crippen LogP contribution >= 0.6 is 8.16 Å². The molecule has 5 aromatic rings. The van der Waals surface area contributed by atoms with Crippen molar-refractivity contribution in [2.45, 2.75) is 38.8 Å². The molecule has 4 aromatic carbocycles. The molecule has 2 atom stereocenters. The summed E-state index contributed by atoms with van der Waals surface area (Å²) in [5.41, 5.74) is 4.29. The minimum Gasteiger partial charge on any atom is -0.408 e. The van der Waals surface area contributed by atoms with Crippen LogP contribution < -0.4 is 4.67 Å². The van der Waals surface area contributed by atoms with Gasteiger partial charge in [0, 0.05) is 22.9 Å². The Balaban J connectivity index is 1.81. The fourth-order valence-electron chi connectivity index (χ4n) is 4.76. The minimum absolute atomic E-state index is 0.148. The summed E-state index contributed by atoms with van der Waals surface area (Å²) in [6.07, 6.45) is 1.89. The van der Waals surface area contributed by atoms with Crippen molar-refractivity contribution >= 4 is 30.1 Å². The maximum atomic E-state index is 6.78. The Kier molecular flexibility index (Phi) is 6.85. The van der Waals surface area contributed by atoms with E-state index in [0.717, 1.165) is 34.8 Å². The molecule has 1 heterocycles. The van der Waals surface area contributed by atoms with Gasteiger partial charge in [-0.15, -0.1) is 0 Å². The molecule has 0 unspecified atom stereocenters. The summed E-state index contributed by atoms with van der Waals surface area (Å²) >= 11 is 0. The second-order valence-corrected chi connectivity index (χ2v) is 9.76. The zero-order valence-corrected chi connectivity index (χ0v) is 20.6. The van der Waals surface area contributed by atoms with Gasteiger partial charge in [-0.05, 0) is 36.1 Å². The van der Waals surface area contributed by atoms with Gasteiger partial charge in [-0.2, -0.15) is 4.67 Å². The first-order valence-corrected chi connectivity index (χ1v) is 13.2. The fourth-order valence-corrected chi connectivity index (χ4v) is 6.69. The van der Waals surface area contributed by atoms with Crippen LogP contribution in [0.15, 0.2) is 118 Å². The SMILES string of the molecule is CC[C@@H](c1ccccc1)N([C@@H](CC)c1ccccc1)p1oc2ccccc2c2ccccc2o1. The average molecular weight is 468 g/mol. The van der Waals surface area contributed by atoms with Crippen molar-refractivity contribution in [3.8, 4) is 0 Å². The van der Waals surface area contributed by atoms with Crippen molar-refractivity contribution in [2.24, 2.45) is 0 Å². The lowest BCUT2D eigenvalue weighted by atomic mass is 9.99. The van der Waals surface area contributed by atoms with Crippen LogP contribution in [0, 0.1) is 0 Å². The highest BCUT2D eigenvalue weighted by molar-refractivity contribution is 7.39. The molecule has 5 rings (SSSR count). The number of hydrogen-bond acceptors (Lipinski definition) is 3. The Hall–Kier alpha value is -3.26. The van der Waals surface area contributed by atoms with Gasteiger partial charge in [0.05, 0.1) is 0 Å². The predicted octanol–water partition coefficient (Wildman–Crippen LogP) is 9.53. The van der Waals surface area contributed by atoms with Gasteiger partial charge >= 0.3 is 8.16 Å². The van der Waals surface area contributed by atoms with Crippen molar-refractivity contribution in [3.05, 3.63) is 120 Å². The van der Waals surface area contributed by atoms with Crippen LogP contribution in [0.2, 0.25) is 0 Å². The summed E-state index contributed by atoms with van der Waals surface area (Å²) in [5.74, 6) is 0. The van der Waals surface area contributed by atoms with E-state index in [1.54, 1.807) is 0 Å². The largest absolute Gasteiger partial charge is 0.408 e. The van der Waals surface area contributed by atoms with Crippen LogP contribution in [-0.2, 0) is 0 Å². The Morgan fingerprint density at radius 1 is 0.559 bits per heavy atom. The lowest BCUT2D eigenvalue weighted by Crippen LogP contribution is -2.30. The first-order chi connectivity index (χ1) is 16.8. The molecular formula is C30H30NO2P. The quantitative estimate of drug-likeness (QED) is 0.239. The Morgan fingerprint density at radius 2 is 0.941 bits per heavy atom. The van der Waals surface area contributed by atoms with E-state index in [1.165, 1.54) is 11.1 Å². The van der Waals surface area contributed by atoms with Crippen molar-refractivity contribution in [1.29, 1.82) is 0 Å². The van der Waals surface area contributed by atoms with Gasteiger partial charge in [0.1, 0.15) is 11.2 Å². The molecule has 4 heteroatoms. The van der Waals surface area contributed by atoms with Crippen LogP contribution in [0.25, 0.3) is 21.9 Å². The molecule has 0 radical (unpaired) electrons. The van der Waals surface area contributed by atoms with Gasteiger partial charge < -0.3 is 8.39 Å². The van der Waals surface area contributed by atoms with Gasteiger partial charge in [-0.1, -0.05) is 111 Å². The summed E-state index contributed by atoms with van der Waals surface area (Å²) in [5, 5.41) is 2.15. The molecule has 0 bridgehead atoms. The molecule has 0 aliphatic heterocycles. The number of hydrogen-bond donors (Lipinski definition) is 0. The Morgan fingerprint density at radius 3 is 1.35 bits per heavy atom. The first-order valence-electron chi connectivity index (χ1n) is 12.0. The van der Waals surface area contributed by atoms with E-state index in [2.05, 4.69) is 116 Å². The van der Waals surface area contributed by atoms with E-state index in [4.69, 9.17) is 8.39 Å². The molecule has 0 N–H and O–H groups in total. The molecule has 0 saturated carbocycles. The smallest absolute Gasteiger partial charge is 0.310 e. The molecule has 1 aromatic heterocycles. The van der Waals surface area contributed by atoms with Crippen molar-refractivity contribution < 1.29 is 8.39 Å². The van der Waals surface area contributed by atoms with Gasteiger partial charge in [0.15, 0.2) is 0 Å². The predicted molar refractivity (Wildman–Crippen MR) is 143 cm³/mol. The summed E-state index contributed by atoms with van der Waals surface area (Å²) in [4.78, 5) is 0. The fraction of sp³-hybridized carbons (Fsp3) is 0.200. The summed E-state index contributed by atoms with van der Waals surface area (Å²) < 4.78 is 16.0. The van der Waals surface area contributed by atoms with E-state index in [0.29, 0.717) is 0 Å². The van der Waals surface area contributed by atoms with Crippen LogP contribution in [-0.4, -0.2) is 0 Å². The van der Waals surface area contributed by atoms with Crippen LogP contribution in [0.5, 0.6) is 0 Å². The summed E-state index contributed by atoms with van der Waals surface area (Å²) in [6, 6.07) is 38.3. The molecule has 0 amide bonds. The van der Waals surface area contributed by atoms with E-state index in [9.17, 15) is 0 Å². The minimum atomic E-state index is -1.44. The normalized spacial score (nSPS) is 13.3. The van der Waals surface area contributed by atoms with Gasteiger partial charge in [-0.3, -0.25) is 0 Å². The van der Waals surface area contributed by atoms with E-state index in [-0.39, 0.29) is 12.1 Å². The van der Waals surface area contributed by atoms with Crippen LogP contribution in [0.3, 0.4) is 0 Å². The Bertz CT molecular complexity index is 1290. The number of rotatable bonds is 7. The highest BCUT2D eigenvalue weighted by Crippen LogP contribution is 2.47. The van der Waals surface area contributed by atoms with Crippen LogP contribution in [0.1, 0.15) is 49.9 Å². The molecule has 0 spiro atoms. The number of benzene rings is 4. The second kappa shape index (κ2) is 10.3. The number of nitrogens with zero attached hydrogens (tertiary/aromatic N) is 1. The first kappa shape index (κ1) is 22.5. The van der Waals surface area contributed by atoms with E-state index < -0.39 is 8.16 Å². The van der Waals surface area contributed by atoms with Gasteiger partial charge in [0.2, 0.25) is 0 Å². The van der Waals surface area contributed by atoms with Crippen molar-refractivity contribution in [2.75, 3.05) is 4.67 Å². The second-order valence-electron chi connectivity index (χ2n) is 8.46. The van der Waals surface area contributed by atoms with Gasteiger partial charge in [-0.25, -0.2) is 0 Å². The summed E-state index contributed by atoms with van der Waals surface area (Å²) in [7, 11) is -1.44. The third-order valence-electron chi connectivity index (χ3n) is 6.39. The molecule has 172 valence electrons. The third kappa shape index (κ3) is 4.42. The monoisotopic (exact) mass is 467 g/mol. The molecule has 0 aliphatic rings. The van der Waals surface area contributed by atoms with Crippen molar-refractivity contribution in [1.82, 2.24) is 0 Å². The molecule has 0 aliphatic carbocycles. The highest BCUT2D eigenvalue weighted by Gasteiger charge is 2.32. The molecule has 3 nitrogen and oxygen atoms in total. The zero-order chi connectivity index (χ0) is 23.3. The number of fused-ring (bicyclic) bond motifs is 3. The van der Waals surface area contributed by atoms with E-state index >= 15 is 0 Å². The third-order valence-corrected chi connectivity index (χ3v) is 8.03.